The van der Waals surface area contributed by atoms with Gasteiger partial charge in [0.1, 0.15) is 7.59 Å². The van der Waals surface area contributed by atoms with Crippen LogP contribution in [0.1, 0.15) is 20.8 Å². The molecule has 0 aliphatic carbocycles. The Labute approximate surface area is 85.1 Å². The lowest BCUT2D eigenvalue weighted by Gasteiger charge is -2.32. The summed E-state index contributed by atoms with van der Waals surface area (Å²) in [7, 11) is -1.48. The fourth-order valence-corrected chi connectivity index (χ4v) is 18.5. The van der Waals surface area contributed by atoms with E-state index in [1.807, 2.05) is 0 Å². The first-order valence-electron chi connectivity index (χ1n) is 4.00. The van der Waals surface area contributed by atoms with E-state index in [0.717, 1.165) is 18.1 Å². The highest BCUT2D eigenvalue weighted by molar-refractivity contribution is 7.89. The zero-order chi connectivity index (χ0) is 9.12. The Morgan fingerprint density at radius 3 is 1.09 bits per heavy atom. The molecule has 0 amide bonds. The number of hydrogen-bond donors (Lipinski definition) is 0. The summed E-state index contributed by atoms with van der Waals surface area (Å²) in [5.41, 5.74) is -2.38. The molecule has 0 aromatic rings. The molecule has 0 unspecified atom stereocenters. The van der Waals surface area contributed by atoms with Crippen LogP contribution in [0, 0.1) is 0 Å². The molecule has 0 aromatic carbocycles. The predicted octanol–water partition coefficient (Wildman–Crippen LogP) is 4.23. The molecule has 0 nitrogen and oxygen atoms in total. The average Bonchev–Trinajstić information content (AvgIpc) is 1.90. The van der Waals surface area contributed by atoms with E-state index in [4.69, 9.17) is 33.2 Å². The number of hydrogen-bond acceptors (Lipinski definition) is 0. The van der Waals surface area contributed by atoms with Crippen molar-refractivity contribution in [3.8, 4) is 0 Å². The summed E-state index contributed by atoms with van der Waals surface area (Å²) in [6.07, 6.45) is 0. The van der Waals surface area contributed by atoms with Gasteiger partial charge in [0.25, 0.3) is 0 Å². The van der Waals surface area contributed by atoms with Crippen LogP contribution in [0.15, 0.2) is 0 Å². The maximum absolute atomic E-state index is 6.09. The van der Waals surface area contributed by atoms with Crippen LogP contribution < -0.4 is 0 Å². The Balaban J connectivity index is 4.54. The van der Waals surface area contributed by atoms with Crippen molar-refractivity contribution in [2.75, 3.05) is 0 Å². The summed E-state index contributed by atoms with van der Waals surface area (Å²) < 4.78 is 0. The van der Waals surface area contributed by atoms with Gasteiger partial charge in [-0.3, -0.25) is 0 Å². The van der Waals surface area contributed by atoms with Crippen molar-refractivity contribution in [3.63, 3.8) is 0 Å². The Bertz CT molecular complexity index is 109. The van der Waals surface area contributed by atoms with Crippen LogP contribution in [0.4, 0.5) is 0 Å². The van der Waals surface area contributed by atoms with E-state index in [9.17, 15) is 0 Å². The minimum absolute atomic E-state index is 1.11. The van der Waals surface area contributed by atoms with Crippen molar-refractivity contribution in [2.45, 2.75) is 38.9 Å². The molecule has 68 valence electrons. The van der Waals surface area contributed by atoms with E-state index in [0.29, 0.717) is 0 Å². The fraction of sp³-hybridized carbons (Fsp3) is 1.00. The van der Waals surface area contributed by atoms with Crippen LogP contribution in [-0.2, 0) is 0 Å². The summed E-state index contributed by atoms with van der Waals surface area (Å²) in [6.45, 7) is 6.48. The van der Waals surface area contributed by atoms with Crippen molar-refractivity contribution in [3.05, 3.63) is 0 Å². The van der Waals surface area contributed by atoms with Gasteiger partial charge in [-0.05, 0) is 0 Å². The van der Waals surface area contributed by atoms with Gasteiger partial charge < -0.3 is 0 Å². The summed E-state index contributed by atoms with van der Waals surface area (Å²) >= 11 is 18.3. The maximum atomic E-state index is 6.09. The van der Waals surface area contributed by atoms with Crippen LogP contribution in [0.25, 0.3) is 0 Å². The van der Waals surface area contributed by atoms with Gasteiger partial charge in [0.05, 0.1) is 0 Å². The highest BCUT2D eigenvalue weighted by atomic mass is 35.8. The van der Waals surface area contributed by atoms with Gasteiger partial charge in [0, 0.05) is 0 Å². The van der Waals surface area contributed by atoms with Crippen molar-refractivity contribution < 1.29 is 0 Å². The first kappa shape index (κ1) is 12.3. The molecule has 0 N–H and O–H groups in total. The normalized spacial score (nSPS) is 13.6. The standard InChI is InChI=1S/C6H15Cl3Si2/c1-4-10(5-2,6-3)11(7,8)9/h4-6H2,1-3H3. The van der Waals surface area contributed by atoms with Crippen LogP contribution in [0.2, 0.25) is 18.1 Å². The summed E-state index contributed by atoms with van der Waals surface area (Å²) in [6, 6.07) is 3.34. The Morgan fingerprint density at radius 2 is 1.09 bits per heavy atom. The molecular formula is C6H15Cl3Si2. The predicted molar refractivity (Wildman–Crippen MR) is 60.5 cm³/mol. The molecular weight excluding hydrogens is 235 g/mol. The fourth-order valence-electron chi connectivity index (χ4n) is 1.35. The SMILES string of the molecule is CC[Si](CC)(CC)[Si](Cl)(Cl)Cl. The molecule has 5 heteroatoms. The van der Waals surface area contributed by atoms with Crippen LogP contribution in [0.5, 0.6) is 0 Å². The summed E-state index contributed by atoms with van der Waals surface area (Å²) in [5.74, 6) is 0. The number of halogens is 3. The maximum Gasteiger partial charge on any atom is 0.324 e. The molecule has 0 aromatic heterocycles. The topological polar surface area (TPSA) is 0 Å². The minimum Gasteiger partial charge on any atom is -0.130 e. The van der Waals surface area contributed by atoms with E-state index in [1.165, 1.54) is 0 Å². The van der Waals surface area contributed by atoms with Gasteiger partial charge >= 0.3 is 5.52 Å². The van der Waals surface area contributed by atoms with Gasteiger partial charge in [-0.15, -0.1) is 33.2 Å². The lowest BCUT2D eigenvalue weighted by atomic mass is 10.9. The zero-order valence-corrected chi connectivity index (χ0v) is 11.5. The van der Waals surface area contributed by atoms with E-state index in [2.05, 4.69) is 20.8 Å². The van der Waals surface area contributed by atoms with Gasteiger partial charge in [-0.1, -0.05) is 38.9 Å². The second-order valence-electron chi connectivity index (χ2n) is 2.84. The van der Waals surface area contributed by atoms with Gasteiger partial charge in [-0.25, -0.2) is 0 Å². The van der Waals surface area contributed by atoms with Crippen molar-refractivity contribution in [2.24, 2.45) is 0 Å². The molecule has 0 saturated heterocycles. The summed E-state index contributed by atoms with van der Waals surface area (Å²) in [5, 5.41) is 0. The second-order valence-corrected chi connectivity index (χ2v) is 23.6. The van der Waals surface area contributed by atoms with Gasteiger partial charge in [0.2, 0.25) is 0 Å². The molecule has 0 bridgehead atoms. The smallest absolute Gasteiger partial charge is 0.130 e. The molecule has 0 atom stereocenters. The highest BCUT2D eigenvalue weighted by Crippen LogP contribution is 2.39. The lowest BCUT2D eigenvalue weighted by Crippen LogP contribution is -2.50. The molecule has 0 rings (SSSR count). The van der Waals surface area contributed by atoms with Crippen LogP contribution >= 0.6 is 33.2 Å². The Morgan fingerprint density at radius 1 is 0.818 bits per heavy atom. The van der Waals surface area contributed by atoms with E-state index < -0.39 is 13.1 Å². The third kappa shape index (κ3) is 2.63. The molecule has 0 spiro atoms. The molecule has 0 radical (unpaired) electrons. The quantitative estimate of drug-likeness (QED) is 0.517. The monoisotopic (exact) mass is 248 g/mol. The Kier molecular flexibility index (Phi) is 5.05. The van der Waals surface area contributed by atoms with Crippen molar-refractivity contribution in [1.29, 1.82) is 0 Å². The second kappa shape index (κ2) is 4.51. The van der Waals surface area contributed by atoms with Crippen LogP contribution in [0.3, 0.4) is 0 Å². The molecule has 0 fully saturated rings. The van der Waals surface area contributed by atoms with Crippen molar-refractivity contribution in [1.82, 2.24) is 0 Å². The molecule has 0 heterocycles. The average molecular weight is 250 g/mol. The van der Waals surface area contributed by atoms with Crippen LogP contribution in [-0.4, -0.2) is 13.1 Å². The molecule has 0 saturated carbocycles. The lowest BCUT2D eigenvalue weighted by molar-refractivity contribution is 1.22. The largest absolute Gasteiger partial charge is 0.324 e. The first-order chi connectivity index (χ1) is 4.93. The molecule has 0 aliphatic rings. The highest BCUT2D eigenvalue weighted by Gasteiger charge is 2.49. The first-order valence-corrected chi connectivity index (χ1v) is 12.7. The molecule has 11 heavy (non-hydrogen) atoms. The molecule has 0 aliphatic heterocycles. The van der Waals surface area contributed by atoms with E-state index in [1.54, 1.807) is 0 Å². The van der Waals surface area contributed by atoms with Crippen molar-refractivity contribution >= 4 is 46.3 Å². The number of rotatable bonds is 4. The summed E-state index contributed by atoms with van der Waals surface area (Å²) in [4.78, 5) is 0. The minimum atomic E-state index is -2.38. The van der Waals surface area contributed by atoms with Gasteiger partial charge in [0.15, 0.2) is 0 Å². The van der Waals surface area contributed by atoms with Gasteiger partial charge in [-0.2, -0.15) is 0 Å². The third-order valence-electron chi connectivity index (χ3n) is 2.63. The van der Waals surface area contributed by atoms with E-state index in [-0.39, 0.29) is 0 Å². The third-order valence-corrected chi connectivity index (χ3v) is 25.5. The Hall–Kier alpha value is 1.30. The zero-order valence-electron chi connectivity index (χ0n) is 7.26. The van der Waals surface area contributed by atoms with E-state index >= 15 is 0 Å².